The summed E-state index contributed by atoms with van der Waals surface area (Å²) in [5.74, 6) is 4.11. The number of carbonyl (C=O) groups excluding carboxylic acids is 1. The van der Waals surface area contributed by atoms with Crippen molar-refractivity contribution in [2.45, 2.75) is 105 Å². The standard InChI is InChI=1S/C27H44O2/c1-17(2)7-6-8-18(3)21-9-10-22-25-23(12-14-27(21,22)5)26(4)13-11-20(28)15-19(26)16-24(25)29/h16-18,20-23,25,28H,6-15H2,1-5H3/t18?,20?,21?,22?,23?,25?,26-,27+/m0/s1. The quantitative estimate of drug-likeness (QED) is 0.567. The Hall–Kier alpha value is -0.630. The summed E-state index contributed by atoms with van der Waals surface area (Å²) in [6.07, 6.45) is 13.6. The van der Waals surface area contributed by atoms with Gasteiger partial charge in [0.15, 0.2) is 5.78 Å². The van der Waals surface area contributed by atoms with Crippen LogP contribution in [0.15, 0.2) is 11.6 Å². The molecule has 6 unspecified atom stereocenters. The molecule has 0 aromatic rings. The number of carbonyl (C=O) groups is 1. The van der Waals surface area contributed by atoms with Gasteiger partial charge < -0.3 is 5.11 Å². The molecular formula is C27H44O2. The molecule has 164 valence electrons. The minimum absolute atomic E-state index is 0.153. The summed E-state index contributed by atoms with van der Waals surface area (Å²) >= 11 is 0. The molecule has 2 nitrogen and oxygen atoms in total. The van der Waals surface area contributed by atoms with Crippen molar-refractivity contribution in [2.75, 3.05) is 0 Å². The molecular weight excluding hydrogens is 356 g/mol. The van der Waals surface area contributed by atoms with Gasteiger partial charge >= 0.3 is 0 Å². The van der Waals surface area contributed by atoms with Gasteiger partial charge in [-0.1, -0.05) is 59.5 Å². The number of aliphatic hydroxyl groups excluding tert-OH is 1. The largest absolute Gasteiger partial charge is 0.393 e. The van der Waals surface area contributed by atoms with Gasteiger partial charge in [-0.25, -0.2) is 0 Å². The molecule has 4 aliphatic rings. The van der Waals surface area contributed by atoms with Crippen LogP contribution < -0.4 is 0 Å². The fraction of sp³-hybridized carbons (Fsp3) is 0.889. The molecule has 0 amide bonds. The lowest BCUT2D eigenvalue weighted by molar-refractivity contribution is -0.135. The molecule has 0 spiro atoms. The van der Waals surface area contributed by atoms with E-state index in [9.17, 15) is 9.90 Å². The van der Waals surface area contributed by atoms with Crippen LogP contribution in [-0.4, -0.2) is 17.0 Å². The van der Waals surface area contributed by atoms with Gasteiger partial charge in [0.05, 0.1) is 6.10 Å². The number of aliphatic hydroxyl groups is 1. The first-order chi connectivity index (χ1) is 13.7. The van der Waals surface area contributed by atoms with E-state index in [1.54, 1.807) is 0 Å². The van der Waals surface area contributed by atoms with Gasteiger partial charge in [-0.05, 0) is 91.4 Å². The highest BCUT2D eigenvalue weighted by Gasteiger charge is 2.61. The van der Waals surface area contributed by atoms with Crippen molar-refractivity contribution in [3.8, 4) is 0 Å². The lowest BCUT2D eigenvalue weighted by atomic mass is 9.46. The molecule has 8 atom stereocenters. The average molecular weight is 401 g/mol. The van der Waals surface area contributed by atoms with E-state index in [0.29, 0.717) is 23.0 Å². The summed E-state index contributed by atoms with van der Waals surface area (Å²) < 4.78 is 0. The lowest BCUT2D eigenvalue weighted by Gasteiger charge is -2.57. The monoisotopic (exact) mass is 400 g/mol. The maximum Gasteiger partial charge on any atom is 0.159 e. The van der Waals surface area contributed by atoms with Crippen LogP contribution in [0.3, 0.4) is 0 Å². The van der Waals surface area contributed by atoms with Crippen molar-refractivity contribution in [1.82, 2.24) is 0 Å². The SMILES string of the molecule is CC(C)CCCC(C)C1CCC2C3C(=O)C=C4CC(O)CC[C@]4(C)C3CC[C@]12C. The van der Waals surface area contributed by atoms with Crippen LogP contribution >= 0.6 is 0 Å². The van der Waals surface area contributed by atoms with E-state index in [4.69, 9.17) is 0 Å². The zero-order valence-corrected chi connectivity index (χ0v) is 19.5. The lowest BCUT2D eigenvalue weighted by Crippen LogP contribution is -2.53. The van der Waals surface area contributed by atoms with E-state index in [2.05, 4.69) is 34.6 Å². The van der Waals surface area contributed by atoms with Crippen LogP contribution in [0.25, 0.3) is 0 Å². The fourth-order valence-electron chi connectivity index (χ4n) is 8.41. The van der Waals surface area contributed by atoms with Gasteiger partial charge in [0.1, 0.15) is 0 Å². The second kappa shape index (κ2) is 7.81. The maximum atomic E-state index is 13.4. The molecule has 29 heavy (non-hydrogen) atoms. The normalized spacial score (nSPS) is 45.4. The molecule has 0 bridgehead atoms. The van der Waals surface area contributed by atoms with Crippen LogP contribution in [0.1, 0.15) is 98.8 Å². The Bertz CT molecular complexity index is 663. The maximum absolute atomic E-state index is 13.4. The second-order valence-electron chi connectivity index (χ2n) is 12.2. The van der Waals surface area contributed by atoms with Gasteiger partial charge in [0.25, 0.3) is 0 Å². The molecule has 0 radical (unpaired) electrons. The van der Waals surface area contributed by atoms with Crippen molar-refractivity contribution < 1.29 is 9.90 Å². The zero-order chi connectivity index (χ0) is 21.0. The predicted molar refractivity (Wildman–Crippen MR) is 119 cm³/mol. The Morgan fingerprint density at radius 2 is 1.79 bits per heavy atom. The summed E-state index contributed by atoms with van der Waals surface area (Å²) in [5, 5.41) is 10.2. The highest BCUT2D eigenvalue weighted by molar-refractivity contribution is 5.94. The number of hydrogen-bond acceptors (Lipinski definition) is 2. The Labute approximate surface area is 178 Å². The van der Waals surface area contributed by atoms with E-state index >= 15 is 0 Å². The summed E-state index contributed by atoms with van der Waals surface area (Å²) in [6.45, 7) is 12.1. The van der Waals surface area contributed by atoms with Crippen molar-refractivity contribution in [1.29, 1.82) is 0 Å². The van der Waals surface area contributed by atoms with Gasteiger partial charge in [-0.3, -0.25) is 4.79 Å². The highest BCUT2D eigenvalue weighted by atomic mass is 16.3. The van der Waals surface area contributed by atoms with Crippen molar-refractivity contribution >= 4 is 5.78 Å². The number of rotatable bonds is 5. The predicted octanol–water partition coefficient (Wildman–Crippen LogP) is 6.57. The number of fused-ring (bicyclic) bond motifs is 5. The fourth-order valence-corrected chi connectivity index (χ4v) is 8.41. The Balaban J connectivity index is 1.54. The zero-order valence-electron chi connectivity index (χ0n) is 19.5. The molecule has 0 aromatic heterocycles. The highest BCUT2D eigenvalue weighted by Crippen LogP contribution is 2.66. The number of hydrogen-bond donors (Lipinski definition) is 1. The third-order valence-corrected chi connectivity index (χ3v) is 10.1. The van der Waals surface area contributed by atoms with E-state index in [-0.39, 0.29) is 17.4 Å². The topological polar surface area (TPSA) is 37.3 Å². The first kappa shape index (κ1) is 21.6. The van der Waals surface area contributed by atoms with Crippen LogP contribution in [-0.2, 0) is 4.79 Å². The molecule has 0 aliphatic heterocycles. The minimum Gasteiger partial charge on any atom is -0.393 e. The summed E-state index contributed by atoms with van der Waals surface area (Å²) in [6, 6.07) is 0. The van der Waals surface area contributed by atoms with Crippen LogP contribution in [0.5, 0.6) is 0 Å². The molecule has 3 saturated carbocycles. The molecule has 4 aliphatic carbocycles. The molecule has 4 rings (SSSR count). The van der Waals surface area contributed by atoms with Crippen LogP contribution in [0.4, 0.5) is 0 Å². The molecule has 2 heteroatoms. The van der Waals surface area contributed by atoms with E-state index in [0.717, 1.165) is 37.0 Å². The van der Waals surface area contributed by atoms with E-state index in [1.807, 2.05) is 6.08 Å². The molecule has 1 N–H and O–H groups in total. The smallest absolute Gasteiger partial charge is 0.159 e. The number of allylic oxidation sites excluding steroid dienone is 1. The van der Waals surface area contributed by atoms with E-state index in [1.165, 1.54) is 50.5 Å². The Morgan fingerprint density at radius 3 is 2.52 bits per heavy atom. The first-order valence-corrected chi connectivity index (χ1v) is 12.6. The van der Waals surface area contributed by atoms with Crippen LogP contribution in [0, 0.1) is 46.3 Å². The van der Waals surface area contributed by atoms with Crippen LogP contribution in [0.2, 0.25) is 0 Å². The van der Waals surface area contributed by atoms with Crippen molar-refractivity contribution in [2.24, 2.45) is 46.3 Å². The third kappa shape index (κ3) is 3.56. The summed E-state index contributed by atoms with van der Waals surface area (Å²) in [5.41, 5.74) is 1.77. The van der Waals surface area contributed by atoms with E-state index < -0.39 is 0 Å². The molecule has 0 saturated heterocycles. The minimum atomic E-state index is -0.241. The van der Waals surface area contributed by atoms with Crippen molar-refractivity contribution in [3.05, 3.63) is 11.6 Å². The first-order valence-electron chi connectivity index (χ1n) is 12.6. The molecule has 0 heterocycles. The third-order valence-electron chi connectivity index (χ3n) is 10.1. The second-order valence-corrected chi connectivity index (χ2v) is 12.2. The van der Waals surface area contributed by atoms with Crippen molar-refractivity contribution in [3.63, 3.8) is 0 Å². The van der Waals surface area contributed by atoms with Gasteiger partial charge in [-0.2, -0.15) is 0 Å². The average Bonchev–Trinajstić information content (AvgIpc) is 3.00. The van der Waals surface area contributed by atoms with Gasteiger partial charge in [0.2, 0.25) is 0 Å². The summed E-state index contributed by atoms with van der Waals surface area (Å²) in [7, 11) is 0. The molecule has 0 aromatic carbocycles. The number of ketones is 1. The van der Waals surface area contributed by atoms with Gasteiger partial charge in [-0.15, -0.1) is 0 Å². The van der Waals surface area contributed by atoms with Gasteiger partial charge in [0, 0.05) is 5.92 Å². The Morgan fingerprint density at radius 1 is 1.03 bits per heavy atom. The Kier molecular flexibility index (Phi) is 5.82. The summed E-state index contributed by atoms with van der Waals surface area (Å²) in [4.78, 5) is 13.4. The molecule has 3 fully saturated rings.